The molecule has 0 fully saturated rings. The minimum atomic E-state index is -5.44. The van der Waals surface area contributed by atoms with Crippen molar-refractivity contribution < 1.29 is 63.3 Å². The second kappa shape index (κ2) is 15.7. The number of rotatable bonds is 18. The number of benzene rings is 2. The summed E-state index contributed by atoms with van der Waals surface area (Å²) in [6.07, 6.45) is -18.9. The third-order valence-electron chi connectivity index (χ3n) is 7.07. The average Bonchev–Trinajstić information content (AvgIpc) is 3.34. The number of ether oxygens (including phenoxy) is 4. The molecule has 6 nitrogen and oxygen atoms in total. The molecule has 2 aromatic carbocycles. The van der Waals surface area contributed by atoms with Crippen molar-refractivity contribution in [3.05, 3.63) is 66.2 Å². The molecule has 0 atom stereocenters. The van der Waals surface area contributed by atoms with Crippen molar-refractivity contribution in [1.29, 1.82) is 0 Å². The van der Waals surface area contributed by atoms with Gasteiger partial charge < -0.3 is 14.0 Å². The summed E-state index contributed by atoms with van der Waals surface area (Å²) in [6.45, 7) is 6.52. The summed E-state index contributed by atoms with van der Waals surface area (Å²) in [5.74, 6) is -1.13. The Morgan fingerprint density at radius 3 is 2.10 bits per heavy atom. The van der Waals surface area contributed by atoms with Crippen molar-refractivity contribution in [2.75, 3.05) is 13.2 Å². The molecule has 0 bridgehead atoms. The minimum absolute atomic E-state index is 0.0178. The van der Waals surface area contributed by atoms with Crippen LogP contribution in [-0.4, -0.2) is 42.3 Å². The number of esters is 1. The molecule has 1 aromatic heterocycles. The molecule has 0 saturated carbocycles. The van der Waals surface area contributed by atoms with Gasteiger partial charge in [-0.05, 0) is 56.5 Å². The Balaban J connectivity index is 1.76. The maximum atomic E-state index is 14.3. The number of nitrogens with zero attached hydrogens (tertiary/aromatic N) is 1. The predicted molar refractivity (Wildman–Crippen MR) is 159 cm³/mol. The number of halogens is 9. The Labute approximate surface area is 271 Å². The second-order valence-electron chi connectivity index (χ2n) is 11.2. The quantitative estimate of drug-likeness (QED) is 0.0436. The molecule has 0 aliphatic carbocycles. The lowest BCUT2D eigenvalue weighted by atomic mass is 9.97. The van der Waals surface area contributed by atoms with Crippen LogP contribution < -0.4 is 4.74 Å². The van der Waals surface area contributed by atoms with Gasteiger partial charge in [0.25, 0.3) is 0 Å². The smallest absolute Gasteiger partial charge is 0.493 e. The van der Waals surface area contributed by atoms with E-state index < -0.39 is 62.3 Å². The fourth-order valence-electron chi connectivity index (χ4n) is 4.93. The van der Waals surface area contributed by atoms with Gasteiger partial charge in [0.1, 0.15) is 5.75 Å². The first-order chi connectivity index (χ1) is 22.3. The van der Waals surface area contributed by atoms with E-state index in [2.05, 4.69) is 20.8 Å². The fraction of sp³-hybridized carbons (Fsp3) is 0.485. The molecule has 0 spiro atoms. The lowest BCUT2D eigenvalue weighted by Gasteiger charge is -2.26. The van der Waals surface area contributed by atoms with E-state index in [1.807, 2.05) is 6.92 Å². The van der Waals surface area contributed by atoms with E-state index in [1.165, 1.54) is 24.3 Å². The molecule has 0 aliphatic heterocycles. The highest BCUT2D eigenvalue weighted by Gasteiger charge is 2.52. The normalized spacial score (nSPS) is 12.9. The number of fused-ring (bicyclic) bond motifs is 1. The standard InChI is InChI=1S/C33H36F9NO5/c1-5-7-8-9-22-10-13-25(26(18-22)32(38,39)40)28-19-23-11-12-24(20-27(23)43(28)21(3)4)45-16-14-30(34,35)47-33(41,42)48-31(36,37)15-17-46-29(44)6-2/h6,10-13,18-21H,2,5,7-9,14-17H2,1,3-4H3. The Kier molecular flexibility index (Phi) is 12.6. The number of hydrogen-bond donors (Lipinski definition) is 0. The zero-order valence-electron chi connectivity index (χ0n) is 26.5. The summed E-state index contributed by atoms with van der Waals surface area (Å²) < 4.78 is 144. The highest BCUT2D eigenvalue weighted by molar-refractivity contribution is 5.89. The van der Waals surface area contributed by atoms with Gasteiger partial charge in [-0.3, -0.25) is 0 Å². The van der Waals surface area contributed by atoms with Gasteiger partial charge in [0.2, 0.25) is 0 Å². The van der Waals surface area contributed by atoms with Gasteiger partial charge in [0, 0.05) is 34.8 Å². The topological polar surface area (TPSA) is 58.9 Å². The Hall–Kier alpha value is -3.72. The maximum Gasteiger partial charge on any atom is 0.494 e. The van der Waals surface area contributed by atoms with Crippen molar-refractivity contribution in [1.82, 2.24) is 4.57 Å². The van der Waals surface area contributed by atoms with Crippen molar-refractivity contribution in [3.63, 3.8) is 0 Å². The number of carbonyl (C=O) groups is 1. The SMILES string of the molecule is C=CC(=O)OCCC(F)(F)OC(F)(F)OC(F)(F)CCOc1ccc2cc(-c3ccc(CCCCC)cc3C(F)(F)F)n(C(C)C)c2c1. The second-order valence-corrected chi connectivity index (χ2v) is 11.2. The number of aromatic nitrogens is 1. The molecule has 0 radical (unpaired) electrons. The molecule has 3 rings (SSSR count). The number of hydrogen-bond acceptors (Lipinski definition) is 5. The van der Waals surface area contributed by atoms with E-state index in [-0.39, 0.29) is 23.0 Å². The largest absolute Gasteiger partial charge is 0.494 e. The molecule has 48 heavy (non-hydrogen) atoms. The van der Waals surface area contributed by atoms with E-state index >= 15 is 0 Å². The van der Waals surface area contributed by atoms with Gasteiger partial charge in [0.15, 0.2) is 0 Å². The molecule has 0 amide bonds. The summed E-state index contributed by atoms with van der Waals surface area (Å²) in [6, 6.07) is 9.73. The monoisotopic (exact) mass is 697 g/mol. The summed E-state index contributed by atoms with van der Waals surface area (Å²) >= 11 is 0. The van der Waals surface area contributed by atoms with Gasteiger partial charge in [-0.15, -0.1) is 8.78 Å². The number of alkyl halides is 9. The molecule has 266 valence electrons. The fourth-order valence-corrected chi connectivity index (χ4v) is 4.93. The summed E-state index contributed by atoms with van der Waals surface area (Å²) in [5.41, 5.74) is 0.406. The van der Waals surface area contributed by atoms with E-state index in [0.717, 1.165) is 25.3 Å². The third-order valence-corrected chi connectivity index (χ3v) is 7.07. The van der Waals surface area contributed by atoms with Crippen LogP contribution in [0.2, 0.25) is 0 Å². The number of carbonyl (C=O) groups excluding carboxylic acids is 1. The van der Waals surface area contributed by atoms with Crippen LogP contribution in [0.5, 0.6) is 5.75 Å². The lowest BCUT2D eigenvalue weighted by molar-refractivity contribution is -0.514. The third kappa shape index (κ3) is 10.9. The molecule has 0 unspecified atom stereocenters. The predicted octanol–water partition coefficient (Wildman–Crippen LogP) is 10.3. The van der Waals surface area contributed by atoms with Crippen LogP contribution in [0.1, 0.15) is 70.0 Å². The average molecular weight is 698 g/mol. The molecular weight excluding hydrogens is 661 g/mol. The first-order valence-corrected chi connectivity index (χ1v) is 15.1. The first kappa shape index (κ1) is 38.7. The summed E-state index contributed by atoms with van der Waals surface area (Å²) in [5, 5.41) is 0.525. The minimum Gasteiger partial charge on any atom is -0.493 e. The molecule has 1 heterocycles. The van der Waals surface area contributed by atoms with Gasteiger partial charge >= 0.3 is 30.7 Å². The molecule has 0 aliphatic rings. The molecule has 3 aromatic rings. The molecule has 15 heteroatoms. The van der Waals surface area contributed by atoms with E-state index in [0.29, 0.717) is 29.0 Å². The van der Waals surface area contributed by atoms with Gasteiger partial charge in [-0.1, -0.05) is 38.5 Å². The van der Waals surface area contributed by atoms with Crippen LogP contribution in [0.25, 0.3) is 22.2 Å². The number of unbranched alkanes of at least 4 members (excludes halogenated alkanes) is 2. The van der Waals surface area contributed by atoms with Crippen molar-refractivity contribution in [3.8, 4) is 17.0 Å². The van der Waals surface area contributed by atoms with E-state index in [1.54, 1.807) is 30.5 Å². The van der Waals surface area contributed by atoms with Gasteiger partial charge in [-0.25, -0.2) is 14.3 Å². The molecule has 0 N–H and O–H groups in total. The number of aryl methyl sites for hydroxylation is 1. The zero-order chi connectivity index (χ0) is 35.9. The van der Waals surface area contributed by atoms with Crippen LogP contribution in [0.3, 0.4) is 0 Å². The summed E-state index contributed by atoms with van der Waals surface area (Å²) in [7, 11) is 0. The van der Waals surface area contributed by atoms with Crippen molar-refractivity contribution in [2.24, 2.45) is 0 Å². The highest BCUT2D eigenvalue weighted by atomic mass is 19.4. The van der Waals surface area contributed by atoms with Crippen molar-refractivity contribution >= 4 is 16.9 Å². The van der Waals surface area contributed by atoms with Crippen LogP contribution in [-0.2, 0) is 31.6 Å². The highest BCUT2D eigenvalue weighted by Crippen LogP contribution is 2.42. The molecular formula is C33H36F9NO5. The zero-order valence-corrected chi connectivity index (χ0v) is 26.5. The Morgan fingerprint density at radius 1 is 0.875 bits per heavy atom. The van der Waals surface area contributed by atoms with E-state index in [4.69, 9.17) is 4.74 Å². The summed E-state index contributed by atoms with van der Waals surface area (Å²) in [4.78, 5) is 10.9. The van der Waals surface area contributed by atoms with Crippen LogP contribution in [0.15, 0.2) is 55.1 Å². The lowest BCUT2D eigenvalue weighted by Crippen LogP contribution is -2.41. The van der Waals surface area contributed by atoms with Crippen LogP contribution in [0, 0.1) is 0 Å². The van der Waals surface area contributed by atoms with Crippen LogP contribution in [0.4, 0.5) is 39.5 Å². The Morgan fingerprint density at radius 2 is 1.52 bits per heavy atom. The maximum absolute atomic E-state index is 14.3. The Bertz CT molecular complexity index is 1550. The van der Waals surface area contributed by atoms with Gasteiger partial charge in [0.05, 0.1) is 37.1 Å². The first-order valence-electron chi connectivity index (χ1n) is 15.1. The van der Waals surface area contributed by atoms with Crippen LogP contribution >= 0.6 is 0 Å². The van der Waals surface area contributed by atoms with Crippen molar-refractivity contribution in [2.45, 2.75) is 90.0 Å². The molecule has 0 saturated heterocycles. The van der Waals surface area contributed by atoms with E-state index in [9.17, 15) is 44.3 Å². The van der Waals surface area contributed by atoms with Gasteiger partial charge in [-0.2, -0.15) is 30.7 Å².